The average molecular weight is 490 g/mol. The van der Waals surface area contributed by atoms with Gasteiger partial charge in [-0.15, -0.1) is 0 Å². The van der Waals surface area contributed by atoms with Crippen molar-refractivity contribution in [2.24, 2.45) is 0 Å². The number of hydrogen-bond donors (Lipinski definition) is 0. The van der Waals surface area contributed by atoms with Crippen LogP contribution >= 0.6 is 9.19 Å². The monoisotopic (exact) mass is 488 g/mol. The van der Waals surface area contributed by atoms with Gasteiger partial charge in [-0.3, -0.25) is 0 Å². The van der Waals surface area contributed by atoms with Crippen LogP contribution in [-0.4, -0.2) is 9.13 Å². The summed E-state index contributed by atoms with van der Waals surface area (Å²) in [7, 11) is 6.57. The molecule has 0 atom stereocenters. The summed E-state index contributed by atoms with van der Waals surface area (Å²) in [6, 6.07) is 9.08. The third kappa shape index (κ3) is 3.76. The van der Waals surface area contributed by atoms with Gasteiger partial charge in [-0.2, -0.15) is 0 Å². The van der Waals surface area contributed by atoms with Gasteiger partial charge in [0, 0.05) is 0 Å². The van der Waals surface area contributed by atoms with Crippen LogP contribution in [0.1, 0.15) is 50.3 Å². The van der Waals surface area contributed by atoms with Crippen LogP contribution in [0.15, 0.2) is 24.3 Å². The molecule has 3 aromatic rings. The van der Waals surface area contributed by atoms with Gasteiger partial charge in [0.05, 0.1) is 0 Å². The van der Waals surface area contributed by atoms with Gasteiger partial charge >= 0.3 is 182 Å². The zero-order chi connectivity index (χ0) is 20.7. The molecule has 0 bridgehead atoms. The standard InChI is InChI=1S/C24H30N2.Ag.ClH/c1-15-9-17(3)23(18(4)10-15)13-25-14-26(22(8)21(25)7)24-19(5)11-16(2)12-20(24)6;;/h9-12H,13H2,1-8H3;;1H/q;-1;/p-1. The fraction of sp³-hybridized carbons (Fsp3) is 0.375. The van der Waals surface area contributed by atoms with E-state index in [1.54, 1.807) is 0 Å². The third-order valence-electron chi connectivity index (χ3n) is 5.70. The van der Waals surface area contributed by atoms with Crippen LogP contribution < -0.4 is 0 Å². The number of aromatic nitrogens is 2. The fourth-order valence-electron chi connectivity index (χ4n) is 4.36. The molecule has 0 unspecified atom stereocenters. The van der Waals surface area contributed by atoms with Gasteiger partial charge < -0.3 is 0 Å². The number of aryl methyl sites for hydroxylation is 6. The van der Waals surface area contributed by atoms with E-state index in [9.17, 15) is 0 Å². The van der Waals surface area contributed by atoms with Crippen LogP contribution in [0.3, 0.4) is 0 Å². The second kappa shape index (κ2) is 8.20. The molecule has 1 aromatic heterocycles. The number of halogens is 1. The van der Waals surface area contributed by atoms with E-state index in [2.05, 4.69) is 88.8 Å². The van der Waals surface area contributed by atoms with E-state index in [4.69, 9.17) is 9.19 Å². The van der Waals surface area contributed by atoms with E-state index in [1.807, 2.05) is 0 Å². The fourth-order valence-corrected chi connectivity index (χ4v) is 6.08. The molecule has 0 fully saturated rings. The number of hydrogen-bond acceptors (Lipinski definition) is 0. The molecule has 156 valence electrons. The molecule has 0 N–H and O–H groups in total. The van der Waals surface area contributed by atoms with Gasteiger partial charge in [-0.05, 0) is 0 Å². The predicted molar refractivity (Wildman–Crippen MR) is 116 cm³/mol. The quantitative estimate of drug-likeness (QED) is 0.369. The van der Waals surface area contributed by atoms with E-state index in [0.29, 0.717) is 0 Å². The summed E-state index contributed by atoms with van der Waals surface area (Å²) in [5.74, 6) is 0. The summed E-state index contributed by atoms with van der Waals surface area (Å²) in [5, 5.41) is 0. The second-order valence-corrected chi connectivity index (χ2v) is 9.63. The molecular weight excluding hydrogens is 460 g/mol. The van der Waals surface area contributed by atoms with Crippen molar-refractivity contribution < 1.29 is 18.2 Å². The normalized spacial score (nSPS) is 12.7. The van der Waals surface area contributed by atoms with Crippen LogP contribution in [-0.2, 0) is 24.8 Å². The van der Waals surface area contributed by atoms with E-state index >= 15 is 0 Å². The van der Waals surface area contributed by atoms with Crippen molar-refractivity contribution in [2.45, 2.75) is 61.9 Å². The third-order valence-corrected chi connectivity index (χ3v) is 7.29. The van der Waals surface area contributed by atoms with E-state index in [-0.39, 0.29) is 18.2 Å². The Morgan fingerprint density at radius 2 is 1.18 bits per heavy atom. The van der Waals surface area contributed by atoms with Gasteiger partial charge in [-0.25, -0.2) is 0 Å². The Balaban J connectivity index is 2.27. The number of nitrogens with zero attached hydrogens (tertiary/aromatic N) is 2. The molecule has 0 aliphatic rings. The van der Waals surface area contributed by atoms with Gasteiger partial charge in [-0.1, -0.05) is 0 Å². The summed E-state index contributed by atoms with van der Waals surface area (Å²) in [6.45, 7) is 18.4. The molecule has 0 saturated carbocycles. The first-order valence-electron chi connectivity index (χ1n) is 9.61. The predicted octanol–water partition coefficient (Wildman–Crippen LogP) is 6.56. The SMILES string of the molecule is Cc1cc(C)c(Cn2c(C)c(C)n(-c3c(C)cc(C)cc3C)[c]2=[Ag-2][Cl])c(C)c1. The molecule has 0 saturated heterocycles. The van der Waals surface area contributed by atoms with Crippen LogP contribution in [0.4, 0.5) is 0 Å². The zero-order valence-corrected chi connectivity index (χ0v) is 20.3. The van der Waals surface area contributed by atoms with E-state index < -0.39 is 0 Å². The molecule has 4 heteroatoms. The molecule has 0 spiro atoms. The first-order valence-corrected chi connectivity index (χ1v) is 12.3. The first kappa shape index (κ1) is 21.4. The van der Waals surface area contributed by atoms with Crippen molar-refractivity contribution in [3.05, 3.63) is 78.2 Å². The molecule has 3 rings (SSSR count). The molecule has 0 aliphatic carbocycles. The van der Waals surface area contributed by atoms with Crippen molar-refractivity contribution in [3.8, 4) is 5.69 Å². The molecule has 2 aromatic carbocycles. The summed E-state index contributed by atoms with van der Waals surface area (Å²) in [4.78, 5) is 0. The molecule has 0 radical (unpaired) electrons. The minimum absolute atomic E-state index is 0.179. The molecule has 1 heterocycles. The Hall–Kier alpha value is -1.32. The van der Waals surface area contributed by atoms with Crippen LogP contribution in [0, 0.1) is 59.0 Å². The first-order chi connectivity index (χ1) is 13.1. The molecule has 2 nitrogen and oxygen atoms in total. The topological polar surface area (TPSA) is 9.86 Å². The van der Waals surface area contributed by atoms with Crippen molar-refractivity contribution in [2.75, 3.05) is 0 Å². The number of imidazole rings is 1. The van der Waals surface area contributed by atoms with Crippen LogP contribution in [0.25, 0.3) is 5.69 Å². The molecule has 0 amide bonds. The average Bonchev–Trinajstić information content (AvgIpc) is 2.81. The Morgan fingerprint density at radius 3 is 1.64 bits per heavy atom. The van der Waals surface area contributed by atoms with E-state index in [1.165, 1.54) is 59.6 Å². The van der Waals surface area contributed by atoms with Crippen molar-refractivity contribution in [1.29, 1.82) is 0 Å². The van der Waals surface area contributed by atoms with Crippen LogP contribution in [0.5, 0.6) is 0 Å². The summed E-state index contributed by atoms with van der Waals surface area (Å²) >= 11 is 0.179. The Bertz CT molecular complexity index is 1090. The molecular formula is C24H30AgClN2-2. The molecule has 28 heavy (non-hydrogen) atoms. The Labute approximate surface area is 181 Å². The second-order valence-electron chi connectivity index (χ2n) is 8.01. The Morgan fingerprint density at radius 1 is 0.714 bits per heavy atom. The number of rotatable bonds is 3. The van der Waals surface area contributed by atoms with Gasteiger partial charge in [0.1, 0.15) is 0 Å². The summed E-state index contributed by atoms with van der Waals surface area (Å²) in [6.07, 6.45) is 0. The summed E-state index contributed by atoms with van der Waals surface area (Å²) in [5.41, 5.74) is 13.1. The summed E-state index contributed by atoms with van der Waals surface area (Å²) < 4.78 is 5.96. The van der Waals surface area contributed by atoms with Crippen molar-refractivity contribution in [3.63, 3.8) is 0 Å². The maximum atomic E-state index is 6.57. The van der Waals surface area contributed by atoms with Gasteiger partial charge in [0.15, 0.2) is 0 Å². The minimum atomic E-state index is 0.179. The maximum absolute atomic E-state index is 6.57. The number of benzene rings is 2. The van der Waals surface area contributed by atoms with Crippen molar-refractivity contribution in [1.82, 2.24) is 9.13 Å². The van der Waals surface area contributed by atoms with Gasteiger partial charge in [0.25, 0.3) is 0 Å². The van der Waals surface area contributed by atoms with E-state index in [0.717, 1.165) is 6.54 Å². The Kier molecular flexibility index (Phi) is 6.26. The van der Waals surface area contributed by atoms with Crippen LogP contribution in [0.2, 0.25) is 0 Å². The van der Waals surface area contributed by atoms with Gasteiger partial charge in [0.2, 0.25) is 0 Å². The molecule has 0 aliphatic heterocycles. The van der Waals surface area contributed by atoms with Crippen molar-refractivity contribution >= 4 is 9.19 Å². The zero-order valence-electron chi connectivity index (χ0n) is 18.1.